The van der Waals surface area contributed by atoms with Crippen molar-refractivity contribution in [2.45, 2.75) is 40.3 Å². The molecule has 33 heavy (non-hydrogen) atoms. The number of carbonyl (C=O) groups excluding carboxylic acids is 1. The molecule has 0 radical (unpaired) electrons. The molecular formula is C26H40IN5O. The molecule has 0 aliphatic heterocycles. The van der Waals surface area contributed by atoms with Gasteiger partial charge in [-0.25, -0.2) is 4.99 Å². The molecule has 0 saturated heterocycles. The third-order valence-corrected chi connectivity index (χ3v) is 5.34. The van der Waals surface area contributed by atoms with Gasteiger partial charge in [0.15, 0.2) is 5.96 Å². The predicted molar refractivity (Wildman–Crippen MR) is 149 cm³/mol. The van der Waals surface area contributed by atoms with Crippen LogP contribution in [0.5, 0.6) is 0 Å². The summed E-state index contributed by atoms with van der Waals surface area (Å²) in [4.78, 5) is 21.0. The Balaban J connectivity index is 0.00000544. The molecule has 1 amide bonds. The van der Waals surface area contributed by atoms with Crippen molar-refractivity contribution in [3.8, 4) is 0 Å². The maximum absolute atomic E-state index is 12.2. The smallest absolute Gasteiger partial charge is 0.253 e. The van der Waals surface area contributed by atoms with Gasteiger partial charge in [0.05, 0.1) is 6.54 Å². The van der Waals surface area contributed by atoms with Gasteiger partial charge in [-0.3, -0.25) is 9.69 Å². The summed E-state index contributed by atoms with van der Waals surface area (Å²) in [7, 11) is 3.55. The number of nitrogens with one attached hydrogen (secondary N) is 2. The first-order valence-electron chi connectivity index (χ1n) is 11.6. The fraction of sp³-hybridized carbons (Fsp3) is 0.462. The number of rotatable bonds is 11. The first-order chi connectivity index (χ1) is 15.5. The Kier molecular flexibility index (Phi) is 13.7. The van der Waals surface area contributed by atoms with Crippen LogP contribution in [0.1, 0.15) is 47.8 Å². The molecule has 0 saturated carbocycles. The molecule has 0 unspecified atom stereocenters. The number of amides is 1. The number of hydrogen-bond donors (Lipinski definition) is 2. The van der Waals surface area contributed by atoms with Gasteiger partial charge in [0.25, 0.3) is 5.91 Å². The molecule has 0 bridgehead atoms. The van der Waals surface area contributed by atoms with Crippen molar-refractivity contribution in [2.75, 3.05) is 40.3 Å². The molecule has 0 atom stereocenters. The molecule has 0 aliphatic rings. The lowest BCUT2D eigenvalue weighted by atomic mass is 10.1. The second-order valence-corrected chi connectivity index (χ2v) is 8.05. The van der Waals surface area contributed by atoms with E-state index in [2.05, 4.69) is 66.6 Å². The van der Waals surface area contributed by atoms with Gasteiger partial charge in [-0.2, -0.15) is 0 Å². The van der Waals surface area contributed by atoms with Gasteiger partial charge in [-0.1, -0.05) is 50.2 Å². The molecule has 0 aromatic heterocycles. The summed E-state index contributed by atoms with van der Waals surface area (Å²) >= 11 is 0. The molecule has 2 aromatic carbocycles. The minimum absolute atomic E-state index is 0. The highest BCUT2D eigenvalue weighted by molar-refractivity contribution is 14.0. The quantitative estimate of drug-likeness (QED) is 0.244. The van der Waals surface area contributed by atoms with Crippen LogP contribution in [0, 0.1) is 0 Å². The Morgan fingerprint density at radius 2 is 1.58 bits per heavy atom. The molecule has 0 spiro atoms. The van der Waals surface area contributed by atoms with E-state index < -0.39 is 0 Å². The van der Waals surface area contributed by atoms with Crippen molar-refractivity contribution in [3.63, 3.8) is 0 Å². The Hall–Kier alpha value is -2.13. The molecule has 0 aliphatic carbocycles. The van der Waals surface area contributed by atoms with E-state index in [0.717, 1.165) is 56.2 Å². The van der Waals surface area contributed by atoms with Crippen LogP contribution < -0.4 is 10.6 Å². The zero-order valence-electron chi connectivity index (χ0n) is 20.7. The Morgan fingerprint density at radius 1 is 0.909 bits per heavy atom. The molecule has 0 fully saturated rings. The van der Waals surface area contributed by atoms with Crippen molar-refractivity contribution in [1.82, 2.24) is 20.4 Å². The third-order valence-electron chi connectivity index (χ3n) is 5.34. The summed E-state index contributed by atoms with van der Waals surface area (Å²) in [6.07, 6.45) is 0.818. The van der Waals surface area contributed by atoms with E-state index in [1.165, 1.54) is 11.1 Å². The molecule has 6 nitrogen and oxygen atoms in total. The van der Waals surface area contributed by atoms with Gasteiger partial charge in [0.2, 0.25) is 0 Å². The fourth-order valence-corrected chi connectivity index (χ4v) is 3.49. The second-order valence-electron chi connectivity index (χ2n) is 8.05. The Labute approximate surface area is 216 Å². The summed E-state index contributed by atoms with van der Waals surface area (Å²) in [5.74, 6) is 0.833. The summed E-state index contributed by atoms with van der Waals surface area (Å²) in [6, 6.07) is 16.5. The topological polar surface area (TPSA) is 60.0 Å². The van der Waals surface area contributed by atoms with Crippen LogP contribution in [0.2, 0.25) is 0 Å². The van der Waals surface area contributed by atoms with Crippen molar-refractivity contribution in [3.05, 3.63) is 70.8 Å². The summed E-state index contributed by atoms with van der Waals surface area (Å²) in [5, 5.41) is 6.73. The molecule has 2 rings (SSSR count). The first-order valence-corrected chi connectivity index (χ1v) is 11.6. The number of guanidine groups is 1. The zero-order valence-corrected chi connectivity index (χ0v) is 23.1. The van der Waals surface area contributed by atoms with Gasteiger partial charge in [-0.05, 0) is 55.3 Å². The fourth-order valence-electron chi connectivity index (χ4n) is 3.49. The van der Waals surface area contributed by atoms with Gasteiger partial charge >= 0.3 is 0 Å². The standard InChI is InChI=1S/C26H39N5O.HI/c1-6-27-26(28-16-15-21-11-10-14-24(18-21)25(32)30(4)5)29-19-22-12-9-13-23(17-22)20-31(7-2)8-3;/h9-14,17-18H,6-8,15-16,19-20H2,1-5H3,(H2,27,28,29);1H. The second kappa shape index (κ2) is 15.7. The van der Waals surface area contributed by atoms with Gasteiger partial charge < -0.3 is 15.5 Å². The van der Waals surface area contributed by atoms with Crippen LogP contribution in [0.15, 0.2) is 53.5 Å². The maximum atomic E-state index is 12.2. The van der Waals surface area contributed by atoms with E-state index in [1.54, 1.807) is 19.0 Å². The maximum Gasteiger partial charge on any atom is 0.253 e. The summed E-state index contributed by atoms with van der Waals surface area (Å²) in [6.45, 7) is 11.7. The molecule has 7 heteroatoms. The SMILES string of the molecule is CCNC(=NCc1cccc(CN(CC)CC)c1)NCCc1cccc(C(=O)N(C)C)c1.I. The lowest BCUT2D eigenvalue weighted by Crippen LogP contribution is -2.38. The number of nitrogens with zero attached hydrogens (tertiary/aromatic N) is 3. The average Bonchev–Trinajstić information content (AvgIpc) is 2.81. The Morgan fingerprint density at radius 3 is 2.24 bits per heavy atom. The van der Waals surface area contributed by atoms with E-state index in [-0.39, 0.29) is 29.9 Å². The van der Waals surface area contributed by atoms with Crippen LogP contribution in [-0.2, 0) is 19.5 Å². The number of halogens is 1. The molecular weight excluding hydrogens is 525 g/mol. The first kappa shape index (κ1) is 28.9. The number of aliphatic imine (C=N–C) groups is 1. The summed E-state index contributed by atoms with van der Waals surface area (Å²) < 4.78 is 0. The highest BCUT2D eigenvalue weighted by atomic mass is 127. The van der Waals surface area contributed by atoms with Crippen LogP contribution in [0.25, 0.3) is 0 Å². The molecule has 182 valence electrons. The van der Waals surface area contributed by atoms with E-state index in [0.29, 0.717) is 6.54 Å². The average molecular weight is 566 g/mol. The normalized spacial score (nSPS) is 11.2. The molecule has 2 N–H and O–H groups in total. The number of benzene rings is 2. The lowest BCUT2D eigenvalue weighted by Gasteiger charge is -2.18. The number of carbonyl (C=O) groups is 1. The predicted octanol–water partition coefficient (Wildman–Crippen LogP) is 4.15. The highest BCUT2D eigenvalue weighted by Crippen LogP contribution is 2.10. The number of hydrogen-bond acceptors (Lipinski definition) is 3. The molecule has 0 heterocycles. The van der Waals surface area contributed by atoms with E-state index in [9.17, 15) is 4.79 Å². The highest BCUT2D eigenvalue weighted by Gasteiger charge is 2.08. The van der Waals surface area contributed by atoms with Crippen LogP contribution in [-0.4, -0.2) is 61.9 Å². The van der Waals surface area contributed by atoms with Gasteiger partial charge in [-0.15, -0.1) is 24.0 Å². The van der Waals surface area contributed by atoms with E-state index in [1.807, 2.05) is 18.2 Å². The molecule has 2 aromatic rings. The van der Waals surface area contributed by atoms with Crippen LogP contribution in [0.3, 0.4) is 0 Å². The van der Waals surface area contributed by atoms with Crippen molar-refractivity contribution >= 4 is 35.8 Å². The van der Waals surface area contributed by atoms with E-state index >= 15 is 0 Å². The van der Waals surface area contributed by atoms with Crippen molar-refractivity contribution in [1.29, 1.82) is 0 Å². The Bertz CT molecular complexity index is 880. The van der Waals surface area contributed by atoms with Crippen LogP contribution in [0.4, 0.5) is 0 Å². The van der Waals surface area contributed by atoms with Gasteiger partial charge in [0, 0.05) is 39.3 Å². The minimum atomic E-state index is 0. The van der Waals surface area contributed by atoms with Crippen molar-refractivity contribution in [2.24, 2.45) is 4.99 Å². The van der Waals surface area contributed by atoms with Gasteiger partial charge in [0.1, 0.15) is 0 Å². The lowest BCUT2D eigenvalue weighted by molar-refractivity contribution is 0.0827. The largest absolute Gasteiger partial charge is 0.357 e. The summed E-state index contributed by atoms with van der Waals surface area (Å²) in [5.41, 5.74) is 4.39. The monoisotopic (exact) mass is 565 g/mol. The van der Waals surface area contributed by atoms with Crippen LogP contribution >= 0.6 is 24.0 Å². The van der Waals surface area contributed by atoms with E-state index in [4.69, 9.17) is 4.99 Å². The third kappa shape index (κ3) is 10.1. The minimum Gasteiger partial charge on any atom is -0.357 e. The zero-order chi connectivity index (χ0) is 23.3. The van der Waals surface area contributed by atoms with Crippen molar-refractivity contribution < 1.29 is 4.79 Å².